The first-order chi connectivity index (χ1) is 7.24. The lowest BCUT2D eigenvalue weighted by Gasteiger charge is -2.17. The molecule has 0 saturated heterocycles. The van der Waals surface area contributed by atoms with Gasteiger partial charge in [-0.2, -0.15) is 0 Å². The molecule has 2 aromatic rings. The lowest BCUT2D eigenvalue weighted by molar-refractivity contribution is 1.06. The summed E-state index contributed by atoms with van der Waals surface area (Å²) in [7, 11) is 2.60. The number of anilines is 1. The van der Waals surface area contributed by atoms with Gasteiger partial charge in [0.2, 0.25) is 0 Å². The van der Waals surface area contributed by atoms with Crippen LogP contribution in [-0.4, -0.2) is 9.97 Å². The average Bonchev–Trinajstić information content (AvgIpc) is 2.58. The maximum atomic E-state index is 4.49. The molecule has 1 atom stereocenters. The molecule has 3 rings (SSSR count). The predicted octanol–water partition coefficient (Wildman–Crippen LogP) is 1.81. The van der Waals surface area contributed by atoms with Crippen molar-refractivity contribution in [3.05, 3.63) is 29.5 Å². The lowest BCUT2D eigenvalue weighted by atomic mass is 10.0. The number of aromatic amines is 1. The third kappa shape index (κ3) is 1.35. The van der Waals surface area contributed by atoms with E-state index in [9.17, 15) is 0 Å². The SMILES string of the molecule is Cc1ccc2c(c1)NCc1[nH]c(P)nc1-2. The van der Waals surface area contributed by atoms with Crippen LogP contribution in [0.3, 0.4) is 0 Å². The van der Waals surface area contributed by atoms with Gasteiger partial charge >= 0.3 is 0 Å². The third-order valence-electron chi connectivity index (χ3n) is 2.68. The van der Waals surface area contributed by atoms with Crippen molar-refractivity contribution in [2.24, 2.45) is 0 Å². The van der Waals surface area contributed by atoms with E-state index < -0.39 is 0 Å². The van der Waals surface area contributed by atoms with Gasteiger partial charge in [-0.25, -0.2) is 4.98 Å². The van der Waals surface area contributed by atoms with Gasteiger partial charge in [-0.15, -0.1) is 0 Å². The summed E-state index contributed by atoms with van der Waals surface area (Å²) in [4.78, 5) is 7.73. The highest BCUT2D eigenvalue weighted by Gasteiger charge is 2.18. The zero-order chi connectivity index (χ0) is 10.4. The molecule has 2 N–H and O–H groups in total. The van der Waals surface area contributed by atoms with E-state index in [4.69, 9.17) is 0 Å². The van der Waals surface area contributed by atoms with Gasteiger partial charge in [0.05, 0.1) is 17.9 Å². The molecular formula is C11H12N3P. The second-order valence-electron chi connectivity index (χ2n) is 3.85. The van der Waals surface area contributed by atoms with Crippen LogP contribution in [0.2, 0.25) is 0 Å². The minimum atomic E-state index is 0.827. The fourth-order valence-corrected chi connectivity index (χ4v) is 2.28. The predicted molar refractivity (Wildman–Crippen MR) is 65.4 cm³/mol. The molecule has 1 aliphatic heterocycles. The van der Waals surface area contributed by atoms with E-state index in [1.54, 1.807) is 0 Å². The van der Waals surface area contributed by atoms with Crippen LogP contribution in [0.5, 0.6) is 0 Å². The molecule has 1 aromatic heterocycles. The van der Waals surface area contributed by atoms with Crippen LogP contribution in [0, 0.1) is 6.92 Å². The summed E-state index contributed by atoms with van der Waals surface area (Å²) in [5.41, 5.74) is 6.78. The van der Waals surface area contributed by atoms with Gasteiger partial charge in [0.1, 0.15) is 5.57 Å². The number of hydrogen-bond donors (Lipinski definition) is 2. The summed E-state index contributed by atoms with van der Waals surface area (Å²) < 4.78 is 0. The summed E-state index contributed by atoms with van der Waals surface area (Å²) in [5, 5.41) is 3.39. The third-order valence-corrected chi connectivity index (χ3v) is 2.96. The molecule has 1 aliphatic rings. The monoisotopic (exact) mass is 217 g/mol. The van der Waals surface area contributed by atoms with Crippen molar-refractivity contribution >= 4 is 20.5 Å². The summed E-state index contributed by atoms with van der Waals surface area (Å²) in [6.45, 7) is 2.93. The van der Waals surface area contributed by atoms with E-state index in [2.05, 4.69) is 49.6 Å². The average molecular weight is 217 g/mol. The van der Waals surface area contributed by atoms with Crippen molar-refractivity contribution in [2.45, 2.75) is 13.5 Å². The molecule has 2 heterocycles. The molecule has 0 spiro atoms. The van der Waals surface area contributed by atoms with Crippen LogP contribution in [0.25, 0.3) is 11.3 Å². The second kappa shape index (κ2) is 3.07. The number of aryl methyl sites for hydroxylation is 1. The number of aromatic nitrogens is 2. The van der Waals surface area contributed by atoms with Crippen LogP contribution in [0.1, 0.15) is 11.3 Å². The highest BCUT2D eigenvalue weighted by molar-refractivity contribution is 7.26. The molecule has 15 heavy (non-hydrogen) atoms. The van der Waals surface area contributed by atoms with Crippen LogP contribution < -0.4 is 10.9 Å². The number of fused-ring (bicyclic) bond motifs is 3. The van der Waals surface area contributed by atoms with Crippen molar-refractivity contribution in [2.75, 3.05) is 5.32 Å². The number of nitrogens with one attached hydrogen (secondary N) is 2. The standard InChI is InChI=1S/C11H12N3P/c1-6-2-3-7-8(4-6)12-5-9-10(7)14-11(15)13-9/h2-4,12H,5,15H2,1H3,(H,13,14). The van der Waals surface area contributed by atoms with Gasteiger partial charge in [0, 0.05) is 11.3 Å². The zero-order valence-electron chi connectivity index (χ0n) is 8.46. The molecule has 0 amide bonds. The minimum absolute atomic E-state index is 0.827. The highest BCUT2D eigenvalue weighted by Crippen LogP contribution is 2.33. The Balaban J connectivity index is 2.25. The van der Waals surface area contributed by atoms with Gasteiger partial charge in [0.15, 0.2) is 0 Å². The summed E-state index contributed by atoms with van der Waals surface area (Å²) >= 11 is 0. The van der Waals surface area contributed by atoms with Crippen molar-refractivity contribution in [1.82, 2.24) is 9.97 Å². The highest BCUT2D eigenvalue weighted by atomic mass is 31.0. The number of imidazole rings is 1. The van der Waals surface area contributed by atoms with Crippen LogP contribution in [0.15, 0.2) is 18.2 Å². The number of benzene rings is 1. The fraction of sp³-hybridized carbons (Fsp3) is 0.182. The van der Waals surface area contributed by atoms with Gasteiger partial charge < -0.3 is 10.3 Å². The molecule has 0 aliphatic carbocycles. The number of nitrogens with zero attached hydrogens (tertiary/aromatic N) is 1. The van der Waals surface area contributed by atoms with Gasteiger partial charge in [-0.3, -0.25) is 0 Å². The van der Waals surface area contributed by atoms with Gasteiger partial charge in [0.25, 0.3) is 0 Å². The maximum absolute atomic E-state index is 4.49. The van der Waals surface area contributed by atoms with Crippen molar-refractivity contribution in [1.29, 1.82) is 0 Å². The van der Waals surface area contributed by atoms with E-state index in [1.165, 1.54) is 16.8 Å². The molecule has 4 heteroatoms. The van der Waals surface area contributed by atoms with Crippen LogP contribution >= 0.6 is 9.24 Å². The molecule has 76 valence electrons. The molecule has 1 aromatic carbocycles. The number of hydrogen-bond acceptors (Lipinski definition) is 2. The number of H-pyrrole nitrogens is 1. The van der Waals surface area contributed by atoms with E-state index in [1.807, 2.05) is 0 Å². The summed E-state index contributed by atoms with van der Waals surface area (Å²) in [6, 6.07) is 6.41. The maximum Gasteiger partial charge on any atom is 0.123 e. The Hall–Kier alpha value is -1.34. The van der Waals surface area contributed by atoms with E-state index in [-0.39, 0.29) is 0 Å². The van der Waals surface area contributed by atoms with Crippen LogP contribution in [0.4, 0.5) is 5.69 Å². The van der Waals surface area contributed by atoms with E-state index >= 15 is 0 Å². The fourth-order valence-electron chi connectivity index (χ4n) is 1.97. The Morgan fingerprint density at radius 2 is 2.27 bits per heavy atom. The normalized spacial score (nSPS) is 12.9. The molecule has 0 fully saturated rings. The number of rotatable bonds is 0. The first kappa shape index (κ1) is 8.93. The minimum Gasteiger partial charge on any atom is -0.379 e. The summed E-state index contributed by atoms with van der Waals surface area (Å²) in [6.07, 6.45) is 0. The Morgan fingerprint density at radius 3 is 3.13 bits per heavy atom. The van der Waals surface area contributed by atoms with Crippen molar-refractivity contribution in [3.63, 3.8) is 0 Å². The Kier molecular flexibility index (Phi) is 1.83. The second-order valence-corrected chi connectivity index (χ2v) is 4.40. The smallest absolute Gasteiger partial charge is 0.123 e. The van der Waals surface area contributed by atoms with Gasteiger partial charge in [-0.05, 0) is 18.6 Å². The quantitative estimate of drug-likeness (QED) is 0.661. The Bertz CT molecular complexity index is 531. The van der Waals surface area contributed by atoms with E-state index in [0.717, 1.165) is 23.5 Å². The van der Waals surface area contributed by atoms with Crippen LogP contribution in [-0.2, 0) is 6.54 Å². The van der Waals surface area contributed by atoms with Crippen molar-refractivity contribution in [3.8, 4) is 11.3 Å². The largest absolute Gasteiger partial charge is 0.379 e. The molecule has 0 bridgehead atoms. The van der Waals surface area contributed by atoms with Crippen molar-refractivity contribution < 1.29 is 0 Å². The van der Waals surface area contributed by atoms with Gasteiger partial charge in [-0.1, -0.05) is 21.4 Å². The lowest BCUT2D eigenvalue weighted by Crippen LogP contribution is -2.08. The molecular weight excluding hydrogens is 205 g/mol. The molecule has 3 nitrogen and oxygen atoms in total. The topological polar surface area (TPSA) is 40.7 Å². The Labute approximate surface area is 90.5 Å². The summed E-state index contributed by atoms with van der Waals surface area (Å²) in [5.74, 6) is 0. The zero-order valence-corrected chi connectivity index (χ0v) is 9.62. The molecule has 0 radical (unpaired) electrons. The van der Waals surface area contributed by atoms with E-state index in [0.29, 0.717) is 0 Å². The Morgan fingerprint density at radius 1 is 1.40 bits per heavy atom. The molecule has 0 saturated carbocycles. The first-order valence-electron chi connectivity index (χ1n) is 4.93. The first-order valence-corrected chi connectivity index (χ1v) is 5.51. The molecule has 1 unspecified atom stereocenters.